The van der Waals surface area contributed by atoms with Crippen LogP contribution in [0, 0.1) is 6.92 Å². The number of benzene rings is 1. The number of aromatic nitrogens is 2. The Morgan fingerprint density at radius 3 is 2.37 bits per heavy atom. The summed E-state index contributed by atoms with van der Waals surface area (Å²) in [6, 6.07) is 3.92. The van der Waals surface area contributed by atoms with Gasteiger partial charge in [0.1, 0.15) is 0 Å². The molecule has 1 heterocycles. The number of hydrogen-bond acceptors (Lipinski definition) is 4. The highest BCUT2D eigenvalue weighted by Crippen LogP contribution is 2.36. The van der Waals surface area contributed by atoms with E-state index >= 15 is 0 Å². The molecule has 1 aromatic carbocycles. The average Bonchev–Trinajstić information content (AvgIpc) is 2.79. The average molecular weight is 261 g/mol. The molecule has 5 nitrogen and oxygen atoms in total. The molecular weight excluding hydrogens is 242 g/mol. The smallest absolute Gasteiger partial charge is 0.161 e. The molecule has 0 aliphatic carbocycles. The molecule has 0 radical (unpaired) electrons. The van der Waals surface area contributed by atoms with Gasteiger partial charge in [0.2, 0.25) is 0 Å². The zero-order valence-electron chi connectivity index (χ0n) is 11.7. The summed E-state index contributed by atoms with van der Waals surface area (Å²) in [5.74, 6) is 1.43. The van der Waals surface area contributed by atoms with Crippen molar-refractivity contribution in [1.29, 1.82) is 0 Å². The van der Waals surface area contributed by atoms with Gasteiger partial charge in [-0.15, -0.1) is 0 Å². The summed E-state index contributed by atoms with van der Waals surface area (Å²) >= 11 is 0. The minimum atomic E-state index is 0.444. The quantitative estimate of drug-likeness (QED) is 0.912. The fourth-order valence-corrected chi connectivity index (χ4v) is 2.20. The van der Waals surface area contributed by atoms with Gasteiger partial charge < -0.3 is 15.2 Å². The first-order valence-electron chi connectivity index (χ1n) is 6.06. The van der Waals surface area contributed by atoms with Gasteiger partial charge in [0.05, 0.1) is 26.1 Å². The van der Waals surface area contributed by atoms with E-state index in [-0.39, 0.29) is 0 Å². The van der Waals surface area contributed by atoms with E-state index in [1.54, 1.807) is 18.9 Å². The van der Waals surface area contributed by atoms with Crippen molar-refractivity contribution in [3.63, 3.8) is 0 Å². The van der Waals surface area contributed by atoms with Crippen LogP contribution in [0.3, 0.4) is 0 Å². The predicted molar refractivity (Wildman–Crippen MR) is 74.4 cm³/mol. The standard InChI is InChI=1S/C14H19N3O2/c1-9-5-13(18-3)14(19-4)6-10(9)11-8-16-17(2)12(11)7-15/h5-6,8H,7,15H2,1-4H3. The van der Waals surface area contributed by atoms with Crippen LogP contribution in [0.4, 0.5) is 0 Å². The zero-order valence-corrected chi connectivity index (χ0v) is 11.7. The molecule has 0 aliphatic heterocycles. The van der Waals surface area contributed by atoms with Gasteiger partial charge in [0.15, 0.2) is 11.5 Å². The summed E-state index contributed by atoms with van der Waals surface area (Å²) in [4.78, 5) is 0. The molecule has 0 atom stereocenters. The molecule has 102 valence electrons. The van der Waals surface area contributed by atoms with Gasteiger partial charge in [-0.2, -0.15) is 5.10 Å². The van der Waals surface area contributed by atoms with E-state index in [1.165, 1.54) is 0 Å². The molecule has 2 N–H and O–H groups in total. The summed E-state index contributed by atoms with van der Waals surface area (Å²) in [6.07, 6.45) is 1.83. The number of methoxy groups -OCH3 is 2. The third-order valence-corrected chi connectivity index (χ3v) is 3.28. The first-order chi connectivity index (χ1) is 9.12. The Morgan fingerprint density at radius 2 is 1.79 bits per heavy atom. The van der Waals surface area contributed by atoms with E-state index in [9.17, 15) is 0 Å². The summed E-state index contributed by atoms with van der Waals surface area (Å²) in [5.41, 5.74) is 9.98. The molecule has 0 unspecified atom stereocenters. The van der Waals surface area contributed by atoms with Crippen molar-refractivity contribution in [3.05, 3.63) is 29.6 Å². The maximum atomic E-state index is 5.79. The molecule has 2 aromatic rings. The van der Waals surface area contributed by atoms with Crippen LogP contribution in [0.15, 0.2) is 18.3 Å². The molecule has 19 heavy (non-hydrogen) atoms. The van der Waals surface area contributed by atoms with Crippen LogP contribution in [0.2, 0.25) is 0 Å². The van der Waals surface area contributed by atoms with Gasteiger partial charge in [-0.1, -0.05) is 0 Å². The second kappa shape index (κ2) is 5.32. The van der Waals surface area contributed by atoms with Crippen LogP contribution in [0.1, 0.15) is 11.3 Å². The molecule has 1 aromatic heterocycles. The van der Waals surface area contributed by atoms with E-state index in [0.717, 1.165) is 28.1 Å². The second-order valence-corrected chi connectivity index (χ2v) is 4.35. The Kier molecular flexibility index (Phi) is 3.76. The lowest BCUT2D eigenvalue weighted by Crippen LogP contribution is -2.05. The van der Waals surface area contributed by atoms with Gasteiger partial charge in [-0.25, -0.2) is 0 Å². The van der Waals surface area contributed by atoms with Crippen LogP contribution in [-0.2, 0) is 13.6 Å². The van der Waals surface area contributed by atoms with Crippen molar-refractivity contribution in [3.8, 4) is 22.6 Å². The van der Waals surface area contributed by atoms with Crippen molar-refractivity contribution in [2.24, 2.45) is 12.8 Å². The molecule has 2 rings (SSSR count). The molecule has 0 aliphatic rings. The van der Waals surface area contributed by atoms with Crippen LogP contribution < -0.4 is 15.2 Å². The van der Waals surface area contributed by atoms with Crippen LogP contribution in [0.5, 0.6) is 11.5 Å². The third kappa shape index (κ3) is 2.29. The normalized spacial score (nSPS) is 10.6. The highest BCUT2D eigenvalue weighted by molar-refractivity contribution is 5.72. The molecular formula is C14H19N3O2. The predicted octanol–water partition coefficient (Wildman–Crippen LogP) is 1.87. The van der Waals surface area contributed by atoms with E-state index in [4.69, 9.17) is 15.2 Å². The monoisotopic (exact) mass is 261 g/mol. The molecule has 5 heteroatoms. The minimum Gasteiger partial charge on any atom is -0.493 e. The molecule has 0 saturated carbocycles. The number of rotatable bonds is 4. The number of aryl methyl sites for hydroxylation is 2. The third-order valence-electron chi connectivity index (χ3n) is 3.28. The van der Waals surface area contributed by atoms with Crippen molar-refractivity contribution in [1.82, 2.24) is 9.78 Å². The second-order valence-electron chi connectivity index (χ2n) is 4.35. The van der Waals surface area contributed by atoms with Gasteiger partial charge >= 0.3 is 0 Å². The SMILES string of the molecule is COc1cc(C)c(-c2cnn(C)c2CN)cc1OC. The molecule has 0 bridgehead atoms. The Balaban J connectivity index is 2.61. The zero-order chi connectivity index (χ0) is 14.0. The Morgan fingerprint density at radius 1 is 1.16 bits per heavy atom. The summed E-state index contributed by atoms with van der Waals surface area (Å²) < 4.78 is 12.4. The van der Waals surface area contributed by atoms with E-state index in [0.29, 0.717) is 12.3 Å². The maximum absolute atomic E-state index is 5.79. The van der Waals surface area contributed by atoms with Crippen molar-refractivity contribution in [2.75, 3.05) is 14.2 Å². The highest BCUT2D eigenvalue weighted by atomic mass is 16.5. The first kappa shape index (κ1) is 13.4. The Bertz CT molecular complexity index is 591. The van der Waals surface area contributed by atoms with E-state index in [1.807, 2.05) is 32.3 Å². The molecule has 0 fully saturated rings. The van der Waals surface area contributed by atoms with Gasteiger partial charge in [0, 0.05) is 19.2 Å². The van der Waals surface area contributed by atoms with Crippen LogP contribution in [-0.4, -0.2) is 24.0 Å². The van der Waals surface area contributed by atoms with E-state index in [2.05, 4.69) is 5.10 Å². The number of nitrogens with two attached hydrogens (primary N) is 1. The van der Waals surface area contributed by atoms with Gasteiger partial charge in [0.25, 0.3) is 0 Å². The van der Waals surface area contributed by atoms with Crippen molar-refractivity contribution in [2.45, 2.75) is 13.5 Å². The Labute approximate surface area is 112 Å². The number of nitrogens with zero attached hydrogens (tertiary/aromatic N) is 2. The van der Waals surface area contributed by atoms with Crippen LogP contribution >= 0.6 is 0 Å². The summed E-state index contributed by atoms with van der Waals surface area (Å²) in [6.45, 7) is 2.48. The fourth-order valence-electron chi connectivity index (χ4n) is 2.20. The maximum Gasteiger partial charge on any atom is 0.161 e. The van der Waals surface area contributed by atoms with Gasteiger partial charge in [-0.3, -0.25) is 4.68 Å². The molecule has 0 spiro atoms. The molecule has 0 amide bonds. The largest absolute Gasteiger partial charge is 0.493 e. The highest BCUT2D eigenvalue weighted by Gasteiger charge is 2.15. The minimum absolute atomic E-state index is 0.444. The topological polar surface area (TPSA) is 62.3 Å². The lowest BCUT2D eigenvalue weighted by Gasteiger charge is -2.13. The van der Waals surface area contributed by atoms with Crippen molar-refractivity contribution >= 4 is 0 Å². The van der Waals surface area contributed by atoms with Crippen LogP contribution in [0.25, 0.3) is 11.1 Å². The molecule has 0 saturated heterocycles. The Hall–Kier alpha value is -2.01. The lowest BCUT2D eigenvalue weighted by molar-refractivity contribution is 0.355. The summed E-state index contributed by atoms with van der Waals surface area (Å²) in [7, 11) is 5.15. The number of ether oxygens (including phenoxy) is 2. The fraction of sp³-hybridized carbons (Fsp3) is 0.357. The first-order valence-corrected chi connectivity index (χ1v) is 6.06. The number of hydrogen-bond donors (Lipinski definition) is 1. The van der Waals surface area contributed by atoms with Crippen molar-refractivity contribution < 1.29 is 9.47 Å². The lowest BCUT2D eigenvalue weighted by atomic mass is 10.00. The summed E-state index contributed by atoms with van der Waals surface area (Å²) in [5, 5.41) is 4.27. The van der Waals surface area contributed by atoms with E-state index < -0.39 is 0 Å². The van der Waals surface area contributed by atoms with Gasteiger partial charge in [-0.05, 0) is 30.2 Å².